The predicted octanol–water partition coefficient (Wildman–Crippen LogP) is 3.61. The molecule has 2 aromatic heterocycles. The highest BCUT2D eigenvalue weighted by Gasteiger charge is 2.12. The highest BCUT2D eigenvalue weighted by molar-refractivity contribution is 5.78. The summed E-state index contributed by atoms with van der Waals surface area (Å²) in [6.45, 7) is 0.192. The number of aromatic nitrogens is 4. The molecule has 126 valence electrons. The number of hydrogen-bond acceptors (Lipinski definition) is 5. The van der Waals surface area contributed by atoms with Crippen LogP contribution in [-0.4, -0.2) is 20.4 Å². The Morgan fingerprint density at radius 3 is 2.88 bits per heavy atom. The van der Waals surface area contributed by atoms with Crippen molar-refractivity contribution in [3.63, 3.8) is 0 Å². The van der Waals surface area contributed by atoms with Crippen molar-refractivity contribution in [3.05, 3.63) is 71.8 Å². The van der Waals surface area contributed by atoms with Crippen LogP contribution in [0.1, 0.15) is 11.4 Å². The monoisotopic (exact) mass is 345 g/mol. The van der Waals surface area contributed by atoms with Crippen molar-refractivity contribution in [2.24, 2.45) is 0 Å². The van der Waals surface area contributed by atoms with Crippen LogP contribution in [0.5, 0.6) is 5.75 Å². The third-order valence-electron chi connectivity index (χ3n) is 3.85. The van der Waals surface area contributed by atoms with Crippen LogP contribution in [-0.2, 0) is 6.61 Å². The van der Waals surface area contributed by atoms with Crippen molar-refractivity contribution >= 4 is 10.9 Å². The van der Waals surface area contributed by atoms with Gasteiger partial charge in [-0.05, 0) is 24.3 Å². The number of rotatable bonds is 4. The van der Waals surface area contributed by atoms with Crippen molar-refractivity contribution in [2.45, 2.75) is 6.61 Å². The van der Waals surface area contributed by atoms with E-state index in [4.69, 9.17) is 10.00 Å². The Bertz CT molecular complexity index is 1130. The lowest BCUT2D eigenvalue weighted by atomic mass is 10.1. The first-order valence-electron chi connectivity index (χ1n) is 7.82. The zero-order valence-corrected chi connectivity index (χ0v) is 13.5. The summed E-state index contributed by atoms with van der Waals surface area (Å²) in [6, 6.07) is 17.7. The van der Waals surface area contributed by atoms with Gasteiger partial charge in [0.1, 0.15) is 29.9 Å². The largest absolute Gasteiger partial charge is 0.487 e. The van der Waals surface area contributed by atoms with Gasteiger partial charge in [-0.25, -0.2) is 14.5 Å². The summed E-state index contributed by atoms with van der Waals surface area (Å²) in [5, 5.41) is 20.0. The standard InChI is InChI=1S/C19H12FN5O/c20-14-7-13(19-18(10-21)23-25-24-19)8-16(9-14)26-11-15-6-5-12-3-1-2-4-17(12)22-15/h1-9H,11H2,(H,23,24,25). The minimum absolute atomic E-state index is 0.165. The molecule has 0 unspecified atom stereocenters. The zero-order chi connectivity index (χ0) is 17.9. The zero-order valence-electron chi connectivity index (χ0n) is 13.5. The molecule has 2 aromatic carbocycles. The van der Waals surface area contributed by atoms with E-state index in [0.717, 1.165) is 16.6 Å². The maximum Gasteiger partial charge on any atom is 0.163 e. The molecule has 0 fully saturated rings. The summed E-state index contributed by atoms with van der Waals surface area (Å²) in [5.41, 5.74) is 2.46. The minimum atomic E-state index is -0.490. The van der Waals surface area contributed by atoms with Gasteiger partial charge in [0, 0.05) is 17.0 Å². The van der Waals surface area contributed by atoms with E-state index in [0.29, 0.717) is 11.3 Å². The Morgan fingerprint density at radius 1 is 1.12 bits per heavy atom. The Morgan fingerprint density at radius 2 is 2.00 bits per heavy atom. The van der Waals surface area contributed by atoms with Crippen LogP contribution in [0.25, 0.3) is 22.2 Å². The molecule has 0 radical (unpaired) electrons. The van der Waals surface area contributed by atoms with Crippen molar-refractivity contribution < 1.29 is 9.13 Å². The average Bonchev–Trinajstić information content (AvgIpc) is 3.15. The smallest absolute Gasteiger partial charge is 0.163 e. The van der Waals surface area contributed by atoms with Crippen LogP contribution in [0.15, 0.2) is 54.6 Å². The molecule has 0 atom stereocenters. The fraction of sp³-hybridized carbons (Fsp3) is 0.0526. The SMILES string of the molecule is N#Cc1[nH]nnc1-c1cc(F)cc(OCc2ccc3ccccc3n2)c1. The highest BCUT2D eigenvalue weighted by atomic mass is 19.1. The number of benzene rings is 2. The molecular formula is C19H12FN5O. The Kier molecular flexibility index (Phi) is 4.00. The normalized spacial score (nSPS) is 10.6. The van der Waals surface area contributed by atoms with E-state index in [1.807, 2.05) is 42.5 Å². The maximum absolute atomic E-state index is 14.0. The number of nitriles is 1. The molecule has 0 saturated carbocycles. The summed E-state index contributed by atoms with van der Waals surface area (Å²) >= 11 is 0. The van der Waals surface area contributed by atoms with Crippen LogP contribution in [0.3, 0.4) is 0 Å². The number of fused-ring (bicyclic) bond motifs is 1. The molecule has 4 rings (SSSR count). The predicted molar refractivity (Wildman–Crippen MR) is 92.6 cm³/mol. The lowest BCUT2D eigenvalue weighted by molar-refractivity contribution is 0.300. The maximum atomic E-state index is 14.0. The number of pyridine rings is 1. The second kappa shape index (κ2) is 6.61. The number of hydrogen-bond donors (Lipinski definition) is 1. The molecule has 0 aliphatic heterocycles. The molecule has 1 N–H and O–H groups in total. The van der Waals surface area contributed by atoms with Gasteiger partial charge in [0.25, 0.3) is 0 Å². The van der Waals surface area contributed by atoms with Crippen LogP contribution >= 0.6 is 0 Å². The summed E-state index contributed by atoms with van der Waals surface area (Å²) in [4.78, 5) is 4.52. The van der Waals surface area contributed by atoms with Crippen LogP contribution in [0.2, 0.25) is 0 Å². The lowest BCUT2D eigenvalue weighted by Gasteiger charge is -2.08. The molecule has 0 aliphatic rings. The molecule has 0 spiro atoms. The van der Waals surface area contributed by atoms with Gasteiger partial charge in [-0.15, -0.1) is 5.10 Å². The van der Waals surface area contributed by atoms with E-state index < -0.39 is 5.82 Å². The van der Waals surface area contributed by atoms with Crippen LogP contribution in [0.4, 0.5) is 4.39 Å². The van der Waals surface area contributed by atoms with Gasteiger partial charge in [0.15, 0.2) is 5.69 Å². The number of nitrogens with one attached hydrogen (secondary N) is 1. The third-order valence-corrected chi connectivity index (χ3v) is 3.85. The first kappa shape index (κ1) is 15.7. The van der Waals surface area contributed by atoms with Crippen molar-refractivity contribution in [1.29, 1.82) is 5.26 Å². The van der Waals surface area contributed by atoms with Crippen molar-refractivity contribution in [3.8, 4) is 23.1 Å². The molecule has 6 nitrogen and oxygen atoms in total. The lowest BCUT2D eigenvalue weighted by Crippen LogP contribution is -1.99. The van der Waals surface area contributed by atoms with Gasteiger partial charge < -0.3 is 4.74 Å². The molecule has 26 heavy (non-hydrogen) atoms. The van der Waals surface area contributed by atoms with Crippen molar-refractivity contribution in [1.82, 2.24) is 20.4 Å². The molecule has 4 aromatic rings. The van der Waals surface area contributed by atoms with Gasteiger partial charge in [-0.1, -0.05) is 29.5 Å². The number of nitrogens with zero attached hydrogens (tertiary/aromatic N) is 4. The summed E-state index contributed by atoms with van der Waals surface area (Å²) in [7, 11) is 0. The van der Waals surface area contributed by atoms with Crippen LogP contribution < -0.4 is 4.74 Å². The Hall–Kier alpha value is -3.79. The van der Waals surface area contributed by atoms with E-state index in [1.54, 1.807) is 6.07 Å². The van der Waals surface area contributed by atoms with E-state index in [1.165, 1.54) is 12.1 Å². The topological polar surface area (TPSA) is 87.5 Å². The summed E-state index contributed by atoms with van der Waals surface area (Å²) in [6.07, 6.45) is 0. The fourth-order valence-corrected chi connectivity index (χ4v) is 2.64. The molecule has 2 heterocycles. The quantitative estimate of drug-likeness (QED) is 0.610. The van der Waals surface area contributed by atoms with E-state index in [9.17, 15) is 4.39 Å². The first-order valence-corrected chi connectivity index (χ1v) is 7.82. The summed E-state index contributed by atoms with van der Waals surface area (Å²) < 4.78 is 19.6. The van der Waals surface area contributed by atoms with Gasteiger partial charge in [-0.3, -0.25) is 0 Å². The second-order valence-electron chi connectivity index (χ2n) is 5.61. The summed E-state index contributed by atoms with van der Waals surface area (Å²) in [5.74, 6) is -0.169. The molecule has 7 heteroatoms. The molecule has 0 saturated heterocycles. The third kappa shape index (κ3) is 3.08. The van der Waals surface area contributed by atoms with Gasteiger partial charge in [0.2, 0.25) is 0 Å². The molecule has 0 aliphatic carbocycles. The first-order chi connectivity index (χ1) is 12.7. The average molecular weight is 345 g/mol. The van der Waals surface area contributed by atoms with Gasteiger partial charge in [-0.2, -0.15) is 5.26 Å². The van der Waals surface area contributed by atoms with Crippen LogP contribution in [0, 0.1) is 17.1 Å². The van der Waals surface area contributed by atoms with E-state index in [-0.39, 0.29) is 18.0 Å². The second-order valence-corrected chi connectivity index (χ2v) is 5.61. The van der Waals surface area contributed by atoms with E-state index in [2.05, 4.69) is 20.4 Å². The Balaban J connectivity index is 1.59. The molecule has 0 amide bonds. The minimum Gasteiger partial charge on any atom is -0.487 e. The molecular weight excluding hydrogens is 333 g/mol. The van der Waals surface area contributed by atoms with Gasteiger partial charge in [0.05, 0.1) is 11.2 Å². The van der Waals surface area contributed by atoms with E-state index >= 15 is 0 Å². The fourth-order valence-electron chi connectivity index (χ4n) is 2.64. The molecule has 0 bridgehead atoms. The Labute approximate surface area is 147 Å². The number of ether oxygens (including phenoxy) is 1. The number of halogens is 1. The number of aromatic amines is 1. The van der Waals surface area contributed by atoms with Gasteiger partial charge >= 0.3 is 0 Å². The highest BCUT2D eigenvalue weighted by Crippen LogP contribution is 2.26. The number of para-hydroxylation sites is 1. The number of H-pyrrole nitrogens is 1. The van der Waals surface area contributed by atoms with Crippen molar-refractivity contribution in [2.75, 3.05) is 0 Å².